The van der Waals surface area contributed by atoms with Crippen molar-refractivity contribution in [1.82, 2.24) is 20.2 Å². The van der Waals surface area contributed by atoms with Gasteiger partial charge in [-0.1, -0.05) is 29.0 Å². The van der Waals surface area contributed by atoms with Crippen molar-refractivity contribution >= 4 is 55.7 Å². The second-order valence-corrected chi connectivity index (χ2v) is 8.61. The number of carbonyl (C=O) groups excluding carboxylic acids is 2. The molecule has 0 aliphatic carbocycles. The number of nitrogens with one attached hydrogen (secondary N) is 2. The fourth-order valence-corrected chi connectivity index (χ4v) is 4.51. The number of nitrogens with zero attached hydrogens (tertiary/aromatic N) is 3. The molecule has 16 heteroatoms. The molecule has 1 atom stereocenters. The maximum Gasteiger partial charge on any atom is 0.435 e. The number of aromatic nitrogens is 2. The van der Waals surface area contributed by atoms with Crippen molar-refractivity contribution in [3.05, 3.63) is 29.3 Å². The highest BCUT2D eigenvalue weighted by Crippen LogP contribution is 2.37. The number of sulfonamides is 1. The van der Waals surface area contributed by atoms with Crippen molar-refractivity contribution in [3.8, 4) is 0 Å². The predicted molar refractivity (Wildman–Crippen MR) is 90.9 cm³/mol. The number of benzene rings is 1. The van der Waals surface area contributed by atoms with E-state index in [1.807, 2.05) is 0 Å². The first-order valence-electron chi connectivity index (χ1n) is 6.99. The van der Waals surface area contributed by atoms with Gasteiger partial charge in [-0.2, -0.15) is 17.9 Å². The third kappa shape index (κ3) is 3.25. The number of anilines is 2. The summed E-state index contributed by atoms with van der Waals surface area (Å²) in [6.07, 6.45) is -5.55. The van der Waals surface area contributed by atoms with E-state index < -0.39 is 38.1 Å². The molecule has 3 amide bonds. The zero-order valence-electron chi connectivity index (χ0n) is 13.2. The quantitative estimate of drug-likeness (QED) is 0.583. The third-order valence-corrected chi connectivity index (χ3v) is 6.26. The highest BCUT2D eigenvalue weighted by atomic mass is 35.5. The summed E-state index contributed by atoms with van der Waals surface area (Å²) < 4.78 is 66.2. The monoisotopic (exact) mass is 456 g/mol. The summed E-state index contributed by atoms with van der Waals surface area (Å²) in [6.45, 7) is 0. The van der Waals surface area contributed by atoms with Gasteiger partial charge in [0.05, 0.1) is 5.69 Å². The van der Waals surface area contributed by atoms with Crippen LogP contribution in [0.15, 0.2) is 28.6 Å². The van der Waals surface area contributed by atoms with Crippen LogP contribution in [-0.2, 0) is 14.8 Å². The van der Waals surface area contributed by atoms with Gasteiger partial charge in [-0.15, -0.1) is 10.2 Å². The molecule has 28 heavy (non-hydrogen) atoms. The molecule has 1 aromatic heterocycles. The first kappa shape index (κ1) is 20.2. The van der Waals surface area contributed by atoms with Gasteiger partial charge in [0.25, 0.3) is 21.6 Å². The van der Waals surface area contributed by atoms with E-state index in [0.29, 0.717) is 0 Å². The Kier molecular flexibility index (Phi) is 4.73. The van der Waals surface area contributed by atoms with E-state index in [0.717, 1.165) is 12.1 Å². The minimum Gasteiger partial charge on any atom is -0.374 e. The predicted octanol–water partition coefficient (Wildman–Crippen LogP) is 1.07. The normalized spacial score (nSPS) is 20.5. The lowest BCUT2D eigenvalue weighted by Crippen LogP contribution is -2.69. The Morgan fingerprint density at radius 3 is 2.50 bits per heavy atom. The molecule has 1 unspecified atom stereocenters. The number of urea groups is 1. The Morgan fingerprint density at radius 2 is 1.96 bits per heavy atom. The molecular formula is C12H8ClF3N6O4S2. The second-order valence-electron chi connectivity index (χ2n) is 5.31. The van der Waals surface area contributed by atoms with Gasteiger partial charge in [-0.25, -0.2) is 18.1 Å². The molecule has 1 saturated heterocycles. The Balaban J connectivity index is 2.08. The molecule has 3 rings (SSSR count). The van der Waals surface area contributed by atoms with Crippen molar-refractivity contribution in [3.63, 3.8) is 0 Å². The van der Waals surface area contributed by atoms with Gasteiger partial charge in [-0.05, 0) is 18.2 Å². The van der Waals surface area contributed by atoms with Crippen molar-refractivity contribution in [1.29, 1.82) is 0 Å². The van der Waals surface area contributed by atoms with Gasteiger partial charge < -0.3 is 11.1 Å². The Labute approximate surface area is 163 Å². The van der Waals surface area contributed by atoms with Crippen LogP contribution in [0.1, 0.15) is 0 Å². The standard InChI is InChI=1S/C12H8ClF3N6O4S2/c13-5-2-1-3-6(4-5)22-7(23)11(12(14,15)16,18-9(22)24)21-28(25,26)10-20-19-8(17)27-10/h1-4,21H,(H2,17,19)(H,18,24). The maximum absolute atomic E-state index is 13.8. The Bertz CT molecular complexity index is 1080. The van der Waals surface area contributed by atoms with Crippen molar-refractivity contribution in [2.75, 3.05) is 10.6 Å². The maximum atomic E-state index is 13.8. The van der Waals surface area contributed by atoms with E-state index in [2.05, 4.69) is 10.2 Å². The molecule has 0 saturated carbocycles. The molecule has 150 valence electrons. The zero-order chi connectivity index (χ0) is 20.9. The Hall–Kier alpha value is -2.49. The SMILES string of the molecule is Nc1nnc(S(=O)(=O)NC2(C(F)(F)F)NC(=O)N(c3cccc(Cl)c3)C2=O)s1. The van der Waals surface area contributed by atoms with Gasteiger partial charge in [0.15, 0.2) is 0 Å². The summed E-state index contributed by atoms with van der Waals surface area (Å²) in [5.74, 6) is -1.92. The van der Waals surface area contributed by atoms with Crippen LogP contribution in [0.4, 0.5) is 28.8 Å². The van der Waals surface area contributed by atoms with Crippen LogP contribution in [0.3, 0.4) is 0 Å². The molecule has 2 aromatic rings. The fourth-order valence-electron chi connectivity index (χ4n) is 2.27. The van der Waals surface area contributed by atoms with Crippen molar-refractivity contribution in [2.45, 2.75) is 16.2 Å². The van der Waals surface area contributed by atoms with E-state index in [4.69, 9.17) is 17.3 Å². The summed E-state index contributed by atoms with van der Waals surface area (Å²) in [4.78, 5) is 24.9. The molecule has 0 spiro atoms. The summed E-state index contributed by atoms with van der Waals surface area (Å²) >= 11 is 6.01. The largest absolute Gasteiger partial charge is 0.435 e. The first-order chi connectivity index (χ1) is 12.9. The lowest BCUT2D eigenvalue weighted by molar-refractivity contribution is -0.194. The van der Waals surface area contributed by atoms with E-state index in [1.54, 1.807) is 0 Å². The van der Waals surface area contributed by atoms with Gasteiger partial charge in [0, 0.05) is 5.02 Å². The average Bonchev–Trinajstić information content (AvgIpc) is 3.10. The summed E-state index contributed by atoms with van der Waals surface area (Å²) in [5.41, 5.74) is 0.979. The Morgan fingerprint density at radius 1 is 1.29 bits per heavy atom. The summed E-state index contributed by atoms with van der Waals surface area (Å²) in [6, 6.07) is 3.36. The lowest BCUT2D eigenvalue weighted by atomic mass is 10.1. The number of halogens is 4. The molecule has 1 fully saturated rings. The number of carbonyl (C=O) groups is 2. The van der Waals surface area contributed by atoms with Crippen LogP contribution in [0.2, 0.25) is 5.02 Å². The number of amides is 3. The minimum absolute atomic E-state index is 0.0347. The van der Waals surface area contributed by atoms with Crippen molar-refractivity contribution in [2.24, 2.45) is 0 Å². The number of nitrogens with two attached hydrogens (primary N) is 1. The van der Waals surface area contributed by atoms with Crippen LogP contribution in [0.25, 0.3) is 0 Å². The molecule has 0 bridgehead atoms. The highest BCUT2D eigenvalue weighted by Gasteiger charge is 2.70. The highest BCUT2D eigenvalue weighted by molar-refractivity contribution is 7.91. The first-order valence-corrected chi connectivity index (χ1v) is 9.67. The lowest BCUT2D eigenvalue weighted by Gasteiger charge is -2.29. The number of hydrogen-bond donors (Lipinski definition) is 3. The number of imide groups is 1. The van der Waals surface area contributed by atoms with Crippen LogP contribution in [-0.4, -0.2) is 42.4 Å². The van der Waals surface area contributed by atoms with E-state index in [-0.39, 0.29) is 32.1 Å². The minimum atomic E-state index is -5.55. The van der Waals surface area contributed by atoms with Crippen LogP contribution >= 0.6 is 22.9 Å². The summed E-state index contributed by atoms with van der Waals surface area (Å²) in [7, 11) is -5.03. The fraction of sp³-hybridized carbons (Fsp3) is 0.167. The number of nitrogen functional groups attached to an aromatic ring is 1. The molecule has 4 N–H and O–H groups in total. The van der Waals surface area contributed by atoms with Gasteiger partial charge in [0.2, 0.25) is 9.47 Å². The summed E-state index contributed by atoms with van der Waals surface area (Å²) in [5, 5.41) is 7.41. The molecular weight excluding hydrogens is 449 g/mol. The van der Waals surface area contributed by atoms with Crippen LogP contribution in [0.5, 0.6) is 0 Å². The van der Waals surface area contributed by atoms with E-state index in [1.165, 1.54) is 22.2 Å². The van der Waals surface area contributed by atoms with E-state index >= 15 is 0 Å². The molecule has 1 aromatic carbocycles. The van der Waals surface area contributed by atoms with Crippen molar-refractivity contribution < 1.29 is 31.2 Å². The second kappa shape index (κ2) is 6.54. The smallest absolute Gasteiger partial charge is 0.374 e. The molecule has 2 heterocycles. The topological polar surface area (TPSA) is 147 Å². The molecule has 1 aliphatic rings. The number of alkyl halides is 3. The number of rotatable bonds is 4. The van der Waals surface area contributed by atoms with Crippen LogP contribution < -0.4 is 20.7 Å². The van der Waals surface area contributed by atoms with Crippen LogP contribution in [0, 0.1) is 0 Å². The molecule has 0 radical (unpaired) electrons. The van der Waals surface area contributed by atoms with Gasteiger partial charge >= 0.3 is 12.2 Å². The zero-order valence-corrected chi connectivity index (χ0v) is 15.6. The molecule has 1 aliphatic heterocycles. The van der Waals surface area contributed by atoms with Gasteiger partial charge in [0.1, 0.15) is 0 Å². The molecule has 10 nitrogen and oxygen atoms in total. The number of hydrogen-bond acceptors (Lipinski definition) is 8. The van der Waals surface area contributed by atoms with Gasteiger partial charge in [-0.3, -0.25) is 4.79 Å². The van der Waals surface area contributed by atoms with E-state index in [9.17, 15) is 31.2 Å². The third-order valence-electron chi connectivity index (χ3n) is 3.45. The average molecular weight is 457 g/mol.